The molecule has 41 heavy (non-hydrogen) atoms. The molecule has 1 aromatic heterocycles. The Morgan fingerprint density at radius 1 is 1.00 bits per heavy atom. The molecule has 1 aliphatic heterocycles. The van der Waals surface area contributed by atoms with Crippen LogP contribution in [0, 0.1) is 12.7 Å². The van der Waals surface area contributed by atoms with E-state index in [1.165, 1.54) is 18.6 Å². The van der Waals surface area contributed by atoms with Crippen molar-refractivity contribution in [3.63, 3.8) is 0 Å². The van der Waals surface area contributed by atoms with Gasteiger partial charge in [-0.1, -0.05) is 0 Å². The van der Waals surface area contributed by atoms with Gasteiger partial charge in [0.25, 0.3) is 0 Å². The van der Waals surface area contributed by atoms with Crippen LogP contribution in [0.5, 0.6) is 0 Å². The minimum atomic E-state index is -0.480. The molecule has 0 saturated carbocycles. The van der Waals surface area contributed by atoms with Crippen LogP contribution >= 0.6 is 0 Å². The summed E-state index contributed by atoms with van der Waals surface area (Å²) >= 11 is 0. The van der Waals surface area contributed by atoms with Crippen molar-refractivity contribution in [2.75, 3.05) is 45.8 Å². The van der Waals surface area contributed by atoms with Crippen molar-refractivity contribution in [3.8, 4) is 11.1 Å². The minimum absolute atomic E-state index is 0.0803. The summed E-state index contributed by atoms with van der Waals surface area (Å²) in [7, 11) is 1.57. The Kier molecular flexibility index (Phi) is 11.7. The van der Waals surface area contributed by atoms with Gasteiger partial charge in [-0.05, 0) is 36.6 Å². The normalized spacial score (nSPS) is 11.9. The van der Waals surface area contributed by atoms with Gasteiger partial charge in [0, 0.05) is 62.0 Å². The van der Waals surface area contributed by atoms with Crippen LogP contribution < -0.4 is 27.4 Å². The zero-order valence-electron chi connectivity index (χ0n) is 23.2. The monoisotopic (exact) mass is 569 g/mol. The fourth-order valence-corrected chi connectivity index (χ4v) is 3.93. The SMILES string of the molecule is CNC(=O)CCOCCOCCNC(=O)CCCC(=O)N/C(N)=C/c1cc(-c2cncc(N)c2C)c(F)c2c1C=N2. The first-order valence-corrected chi connectivity index (χ1v) is 13.2. The van der Waals surface area contributed by atoms with Gasteiger partial charge >= 0.3 is 0 Å². The second kappa shape index (κ2) is 15.4. The summed E-state index contributed by atoms with van der Waals surface area (Å²) in [6, 6.07) is 1.62. The summed E-state index contributed by atoms with van der Waals surface area (Å²) in [6.45, 7) is 3.46. The lowest BCUT2D eigenvalue weighted by molar-refractivity contribution is -0.123. The van der Waals surface area contributed by atoms with Crippen LogP contribution in [0.25, 0.3) is 17.2 Å². The number of hydrogen-bond acceptors (Lipinski definition) is 9. The number of amides is 3. The van der Waals surface area contributed by atoms with Crippen LogP contribution in [0.3, 0.4) is 0 Å². The molecule has 0 saturated heterocycles. The van der Waals surface area contributed by atoms with Gasteiger partial charge in [-0.15, -0.1) is 0 Å². The molecule has 7 N–H and O–H groups in total. The number of nitrogen functional groups attached to an aromatic ring is 1. The second-order valence-electron chi connectivity index (χ2n) is 9.25. The topological polar surface area (TPSA) is 183 Å². The number of halogens is 1. The number of nitrogens with one attached hydrogen (secondary N) is 3. The number of fused-ring (bicyclic) bond motifs is 1. The molecular weight excluding hydrogens is 533 g/mol. The number of carbonyl (C=O) groups excluding carboxylic acids is 3. The van der Waals surface area contributed by atoms with Crippen LogP contribution in [0.1, 0.15) is 42.4 Å². The number of nitrogens with two attached hydrogens (primary N) is 2. The first-order valence-electron chi connectivity index (χ1n) is 13.2. The summed E-state index contributed by atoms with van der Waals surface area (Å²) in [6.07, 6.45) is 6.99. The maximum atomic E-state index is 15.1. The van der Waals surface area contributed by atoms with E-state index in [4.69, 9.17) is 20.9 Å². The van der Waals surface area contributed by atoms with Crippen molar-refractivity contribution in [3.05, 3.63) is 46.8 Å². The first kappa shape index (κ1) is 31.2. The molecule has 13 heteroatoms. The van der Waals surface area contributed by atoms with Gasteiger partial charge in [0.05, 0.1) is 38.3 Å². The first-order chi connectivity index (χ1) is 19.7. The fourth-order valence-electron chi connectivity index (χ4n) is 3.93. The summed E-state index contributed by atoms with van der Waals surface area (Å²) in [5.41, 5.74) is 15.3. The number of carbonyl (C=O) groups is 3. The van der Waals surface area contributed by atoms with E-state index in [1.54, 1.807) is 26.1 Å². The molecule has 3 rings (SSSR count). The second-order valence-corrected chi connectivity index (χ2v) is 9.25. The summed E-state index contributed by atoms with van der Waals surface area (Å²) in [5.74, 6) is -1.04. The predicted molar refractivity (Wildman–Crippen MR) is 154 cm³/mol. The Bertz CT molecular complexity index is 1330. The largest absolute Gasteiger partial charge is 0.397 e. The summed E-state index contributed by atoms with van der Waals surface area (Å²) < 4.78 is 25.7. The summed E-state index contributed by atoms with van der Waals surface area (Å²) in [4.78, 5) is 43.5. The average Bonchev–Trinajstić information content (AvgIpc) is 2.90. The lowest BCUT2D eigenvalue weighted by Gasteiger charge is -2.18. The highest BCUT2D eigenvalue weighted by Gasteiger charge is 2.23. The molecule has 0 fully saturated rings. The smallest absolute Gasteiger partial charge is 0.225 e. The Balaban J connectivity index is 1.39. The van der Waals surface area contributed by atoms with Gasteiger partial charge in [-0.3, -0.25) is 24.4 Å². The molecule has 0 unspecified atom stereocenters. The van der Waals surface area contributed by atoms with Crippen molar-refractivity contribution in [1.29, 1.82) is 0 Å². The van der Waals surface area contributed by atoms with Crippen molar-refractivity contribution in [2.24, 2.45) is 10.7 Å². The lowest BCUT2D eigenvalue weighted by Crippen LogP contribution is -2.29. The van der Waals surface area contributed by atoms with Gasteiger partial charge < -0.3 is 36.9 Å². The van der Waals surface area contributed by atoms with E-state index >= 15 is 4.39 Å². The number of ether oxygens (including phenoxy) is 2. The molecule has 0 spiro atoms. The highest BCUT2D eigenvalue weighted by molar-refractivity contribution is 6.02. The van der Waals surface area contributed by atoms with E-state index in [-0.39, 0.29) is 47.6 Å². The van der Waals surface area contributed by atoms with Gasteiger partial charge in [0.15, 0.2) is 5.82 Å². The Morgan fingerprint density at radius 2 is 1.73 bits per heavy atom. The highest BCUT2D eigenvalue weighted by atomic mass is 19.1. The van der Waals surface area contributed by atoms with E-state index < -0.39 is 5.82 Å². The zero-order chi connectivity index (χ0) is 29.8. The van der Waals surface area contributed by atoms with E-state index in [0.717, 1.165) is 0 Å². The molecule has 0 aliphatic carbocycles. The molecular formula is C28H36FN7O5. The average molecular weight is 570 g/mol. The summed E-state index contributed by atoms with van der Waals surface area (Å²) in [5, 5.41) is 7.83. The maximum Gasteiger partial charge on any atom is 0.225 e. The highest BCUT2D eigenvalue weighted by Crippen LogP contribution is 2.40. The molecule has 1 aliphatic rings. The third-order valence-corrected chi connectivity index (χ3v) is 6.27. The molecule has 12 nitrogen and oxygen atoms in total. The molecule has 1 aromatic carbocycles. The molecule has 3 amide bonds. The Labute approximate surface area is 237 Å². The maximum absolute atomic E-state index is 15.1. The molecule has 0 radical (unpaired) electrons. The van der Waals surface area contributed by atoms with Gasteiger partial charge in [0.2, 0.25) is 17.7 Å². The van der Waals surface area contributed by atoms with Crippen molar-refractivity contribution in [2.45, 2.75) is 32.6 Å². The Morgan fingerprint density at radius 3 is 2.44 bits per heavy atom. The standard InChI is InChI=1S/C28H36FN7O5/c1-17-20(14-33-16-22(17)30)19-12-18(21-15-35-28(21)27(19)29)13-23(31)36-26(39)5-3-4-25(38)34-7-9-41-11-10-40-8-6-24(37)32-2/h12-16H,3-11,30-31H2,1-2H3,(H,32,37)(H,34,38)(H,36,39)/b23-13+. The van der Waals surface area contributed by atoms with Crippen LogP contribution in [0.4, 0.5) is 15.8 Å². The number of nitrogens with zero attached hydrogens (tertiary/aromatic N) is 2. The quantitative estimate of drug-likeness (QED) is 0.161. The Hall–Kier alpha value is -4.36. The molecule has 220 valence electrons. The van der Waals surface area contributed by atoms with E-state index in [2.05, 4.69) is 25.9 Å². The van der Waals surface area contributed by atoms with Crippen LogP contribution in [0.15, 0.2) is 29.3 Å². The van der Waals surface area contributed by atoms with Crippen LogP contribution in [-0.2, 0) is 23.9 Å². The lowest BCUT2D eigenvalue weighted by atomic mass is 9.93. The number of benzene rings is 1. The predicted octanol–water partition coefficient (Wildman–Crippen LogP) is 1.67. The molecule has 0 bridgehead atoms. The minimum Gasteiger partial charge on any atom is -0.397 e. The molecule has 2 heterocycles. The van der Waals surface area contributed by atoms with Gasteiger partial charge in [-0.25, -0.2) is 4.39 Å². The zero-order valence-corrected chi connectivity index (χ0v) is 23.2. The molecule has 0 atom stereocenters. The van der Waals surface area contributed by atoms with E-state index in [9.17, 15) is 14.4 Å². The number of aliphatic imine (C=N–C) groups is 1. The van der Waals surface area contributed by atoms with Crippen molar-refractivity contribution < 1.29 is 28.2 Å². The number of anilines is 1. The number of rotatable bonds is 16. The van der Waals surface area contributed by atoms with Gasteiger partial charge in [0.1, 0.15) is 11.5 Å². The van der Waals surface area contributed by atoms with E-state index in [0.29, 0.717) is 73.8 Å². The fraction of sp³-hybridized carbons (Fsp3) is 0.393. The number of hydrogen-bond donors (Lipinski definition) is 5. The number of pyridine rings is 1. The van der Waals surface area contributed by atoms with Crippen LogP contribution in [-0.4, -0.2) is 68.9 Å². The van der Waals surface area contributed by atoms with Crippen molar-refractivity contribution in [1.82, 2.24) is 20.9 Å². The third-order valence-electron chi connectivity index (χ3n) is 6.27. The molecule has 2 aromatic rings. The third kappa shape index (κ3) is 9.08. The van der Waals surface area contributed by atoms with Gasteiger partial charge in [-0.2, -0.15) is 0 Å². The number of aromatic nitrogens is 1. The van der Waals surface area contributed by atoms with Crippen molar-refractivity contribution >= 4 is 41.4 Å². The van der Waals surface area contributed by atoms with E-state index in [1.807, 2.05) is 0 Å². The van der Waals surface area contributed by atoms with Crippen LogP contribution in [0.2, 0.25) is 0 Å².